The maximum atomic E-state index is 14.3. The van der Waals surface area contributed by atoms with E-state index in [0.29, 0.717) is 59.5 Å². The number of H-pyrrole nitrogens is 1. The second-order valence-electron chi connectivity index (χ2n) is 9.02. The molecule has 1 saturated carbocycles. The molecule has 1 aromatic carbocycles. The summed E-state index contributed by atoms with van der Waals surface area (Å²) in [6.07, 6.45) is 5.45. The van der Waals surface area contributed by atoms with E-state index in [9.17, 15) is 13.6 Å². The Bertz CT molecular complexity index is 1400. The van der Waals surface area contributed by atoms with E-state index in [-0.39, 0.29) is 18.0 Å². The monoisotopic (exact) mass is 465 g/mol. The van der Waals surface area contributed by atoms with Crippen LogP contribution in [0, 0.1) is 5.82 Å². The molecule has 0 radical (unpaired) electrons. The van der Waals surface area contributed by atoms with Crippen LogP contribution in [0.1, 0.15) is 50.0 Å². The van der Waals surface area contributed by atoms with Gasteiger partial charge in [0.2, 0.25) is 5.88 Å². The molecule has 5 rings (SSSR count). The van der Waals surface area contributed by atoms with Crippen LogP contribution in [0.4, 0.5) is 8.78 Å². The summed E-state index contributed by atoms with van der Waals surface area (Å²) >= 11 is 0. The molecule has 3 aromatic heterocycles. The van der Waals surface area contributed by atoms with Gasteiger partial charge in [0.25, 0.3) is 5.56 Å². The minimum Gasteiger partial charge on any atom is -0.481 e. The molecular formula is C25H25F2N5O2. The van der Waals surface area contributed by atoms with Gasteiger partial charge in [-0.3, -0.25) is 4.79 Å². The van der Waals surface area contributed by atoms with Crippen molar-refractivity contribution < 1.29 is 13.5 Å². The van der Waals surface area contributed by atoms with Gasteiger partial charge in [-0.2, -0.15) is 5.10 Å². The molecule has 176 valence electrons. The number of fused-ring (bicyclic) bond motifs is 1. The lowest BCUT2D eigenvalue weighted by atomic mass is 9.85. The number of alkyl halides is 1. The molecule has 3 heterocycles. The zero-order valence-electron chi connectivity index (χ0n) is 19.0. The minimum absolute atomic E-state index is 0.0205. The number of aromatic amines is 1. The van der Waals surface area contributed by atoms with Crippen molar-refractivity contribution in [1.29, 1.82) is 0 Å². The molecule has 0 bridgehead atoms. The molecule has 1 aliphatic carbocycles. The van der Waals surface area contributed by atoms with E-state index in [1.165, 1.54) is 25.4 Å². The van der Waals surface area contributed by atoms with E-state index in [1.54, 1.807) is 29.9 Å². The summed E-state index contributed by atoms with van der Waals surface area (Å²) in [6.45, 7) is 1.62. The third-order valence-electron chi connectivity index (χ3n) is 6.54. The van der Waals surface area contributed by atoms with E-state index >= 15 is 0 Å². The van der Waals surface area contributed by atoms with Crippen LogP contribution in [0.25, 0.3) is 22.2 Å². The van der Waals surface area contributed by atoms with Crippen LogP contribution < -0.4 is 10.3 Å². The molecule has 1 N–H and O–H groups in total. The first-order valence-corrected chi connectivity index (χ1v) is 11.3. The first-order chi connectivity index (χ1) is 16.3. The standard InChI is InChI=1S/C25H25F2N5O2/c1-25(27)9-7-17(8-10-25)32-22-20(14-29-32)23(33)31-21(30-22)13-15-12-16(26)5-6-18(15)19-4-3-11-28-24(19)34-2/h3-6,11-12,14,17H,7-10,13H2,1-2H3,(H,30,31,33). The zero-order chi connectivity index (χ0) is 23.9. The topological polar surface area (TPSA) is 85.7 Å². The maximum Gasteiger partial charge on any atom is 0.262 e. The van der Waals surface area contributed by atoms with Gasteiger partial charge in [0.05, 0.1) is 19.3 Å². The van der Waals surface area contributed by atoms with Crippen molar-refractivity contribution in [3.63, 3.8) is 0 Å². The molecule has 4 aromatic rings. The number of halogens is 2. The van der Waals surface area contributed by atoms with Crippen molar-refractivity contribution in [3.05, 3.63) is 70.3 Å². The first-order valence-electron chi connectivity index (χ1n) is 11.3. The lowest BCUT2D eigenvalue weighted by molar-refractivity contribution is 0.103. The Labute approximate surface area is 194 Å². The predicted molar refractivity (Wildman–Crippen MR) is 124 cm³/mol. The van der Waals surface area contributed by atoms with Gasteiger partial charge >= 0.3 is 0 Å². The maximum absolute atomic E-state index is 14.3. The molecule has 1 aliphatic rings. The van der Waals surface area contributed by atoms with Gasteiger partial charge in [0.15, 0.2) is 5.65 Å². The zero-order valence-corrected chi connectivity index (χ0v) is 19.0. The number of aromatic nitrogens is 5. The lowest BCUT2D eigenvalue weighted by Crippen LogP contribution is -2.28. The second kappa shape index (κ2) is 8.62. The van der Waals surface area contributed by atoms with E-state index in [0.717, 1.165) is 5.56 Å². The van der Waals surface area contributed by atoms with Gasteiger partial charge in [-0.15, -0.1) is 0 Å². The number of rotatable bonds is 5. The number of ether oxygens (including phenoxy) is 1. The van der Waals surface area contributed by atoms with Gasteiger partial charge in [0.1, 0.15) is 22.7 Å². The number of nitrogens with zero attached hydrogens (tertiary/aromatic N) is 4. The third-order valence-corrected chi connectivity index (χ3v) is 6.54. The fraction of sp³-hybridized carbons (Fsp3) is 0.360. The van der Waals surface area contributed by atoms with E-state index < -0.39 is 11.5 Å². The summed E-state index contributed by atoms with van der Waals surface area (Å²) in [4.78, 5) is 24.5. The molecule has 0 spiro atoms. The van der Waals surface area contributed by atoms with Crippen LogP contribution in [-0.4, -0.2) is 37.5 Å². The van der Waals surface area contributed by atoms with Gasteiger partial charge in [-0.25, -0.2) is 23.4 Å². The van der Waals surface area contributed by atoms with Crippen LogP contribution >= 0.6 is 0 Å². The highest BCUT2D eigenvalue weighted by atomic mass is 19.1. The molecule has 0 saturated heterocycles. The van der Waals surface area contributed by atoms with Crippen molar-refractivity contribution in [3.8, 4) is 17.0 Å². The summed E-state index contributed by atoms with van der Waals surface area (Å²) in [5.74, 6) is 0.411. The predicted octanol–water partition coefficient (Wildman–Crippen LogP) is 4.76. The molecule has 9 heteroatoms. The van der Waals surface area contributed by atoms with Crippen molar-refractivity contribution in [2.45, 2.75) is 50.7 Å². The summed E-state index contributed by atoms with van der Waals surface area (Å²) in [5.41, 5.74) is 1.06. The smallest absolute Gasteiger partial charge is 0.262 e. The number of nitrogens with one attached hydrogen (secondary N) is 1. The van der Waals surface area contributed by atoms with Gasteiger partial charge < -0.3 is 9.72 Å². The summed E-state index contributed by atoms with van der Waals surface area (Å²) < 4.78 is 35.6. The normalized spacial score (nSPS) is 20.5. The van der Waals surface area contributed by atoms with Gasteiger partial charge in [-0.05, 0) is 68.0 Å². The summed E-state index contributed by atoms with van der Waals surface area (Å²) in [6, 6.07) is 8.07. The number of pyridine rings is 1. The molecular weight excluding hydrogens is 440 g/mol. The van der Waals surface area contributed by atoms with Crippen molar-refractivity contribution in [2.75, 3.05) is 7.11 Å². The molecule has 34 heavy (non-hydrogen) atoms. The van der Waals surface area contributed by atoms with E-state index in [2.05, 4.69) is 15.1 Å². The average Bonchev–Trinajstić information content (AvgIpc) is 3.24. The molecule has 7 nitrogen and oxygen atoms in total. The molecule has 0 aliphatic heterocycles. The molecule has 0 unspecified atom stereocenters. The molecule has 0 amide bonds. The summed E-state index contributed by atoms with van der Waals surface area (Å²) in [7, 11) is 1.53. The van der Waals surface area contributed by atoms with Crippen LogP contribution in [0.5, 0.6) is 5.88 Å². The highest BCUT2D eigenvalue weighted by Gasteiger charge is 2.32. The Morgan fingerprint density at radius 3 is 2.79 bits per heavy atom. The van der Waals surface area contributed by atoms with Crippen LogP contribution in [0.2, 0.25) is 0 Å². The lowest BCUT2D eigenvalue weighted by Gasteiger charge is -2.31. The number of benzene rings is 1. The Morgan fingerprint density at radius 2 is 2.03 bits per heavy atom. The number of hydrogen-bond acceptors (Lipinski definition) is 5. The number of hydrogen-bond donors (Lipinski definition) is 1. The molecule has 0 atom stereocenters. The highest BCUT2D eigenvalue weighted by Crippen LogP contribution is 2.37. The van der Waals surface area contributed by atoms with Crippen molar-refractivity contribution >= 4 is 11.0 Å². The highest BCUT2D eigenvalue weighted by molar-refractivity contribution is 5.74. The second-order valence-corrected chi connectivity index (χ2v) is 9.02. The van der Waals surface area contributed by atoms with Crippen LogP contribution in [-0.2, 0) is 6.42 Å². The summed E-state index contributed by atoms with van der Waals surface area (Å²) in [5, 5.41) is 4.78. The van der Waals surface area contributed by atoms with E-state index in [1.807, 2.05) is 6.07 Å². The number of methoxy groups -OCH3 is 1. The van der Waals surface area contributed by atoms with Crippen LogP contribution in [0.3, 0.4) is 0 Å². The van der Waals surface area contributed by atoms with Gasteiger partial charge in [0, 0.05) is 18.2 Å². The average molecular weight is 466 g/mol. The fourth-order valence-corrected chi connectivity index (χ4v) is 4.69. The van der Waals surface area contributed by atoms with E-state index in [4.69, 9.17) is 9.72 Å². The van der Waals surface area contributed by atoms with Crippen molar-refractivity contribution in [2.24, 2.45) is 0 Å². The Kier molecular flexibility index (Phi) is 5.63. The third kappa shape index (κ3) is 4.18. The van der Waals surface area contributed by atoms with Gasteiger partial charge in [-0.1, -0.05) is 6.07 Å². The fourth-order valence-electron chi connectivity index (χ4n) is 4.69. The Balaban J connectivity index is 1.54. The Morgan fingerprint density at radius 1 is 1.24 bits per heavy atom. The van der Waals surface area contributed by atoms with Crippen LogP contribution in [0.15, 0.2) is 47.5 Å². The quantitative estimate of drug-likeness (QED) is 0.459. The Hall–Kier alpha value is -3.62. The largest absolute Gasteiger partial charge is 0.481 e. The SMILES string of the molecule is COc1ncccc1-c1ccc(F)cc1Cc1nc2c(cnn2C2CCC(C)(F)CC2)c(=O)[nH]1. The first kappa shape index (κ1) is 22.2. The minimum atomic E-state index is -1.17. The van der Waals surface area contributed by atoms with Crippen molar-refractivity contribution in [1.82, 2.24) is 24.7 Å². The molecule has 1 fully saturated rings.